The van der Waals surface area contributed by atoms with Crippen LogP contribution in [0.15, 0.2) is 42.7 Å². The first kappa shape index (κ1) is 23.3. The van der Waals surface area contributed by atoms with Gasteiger partial charge in [0.25, 0.3) is 0 Å². The highest BCUT2D eigenvalue weighted by Gasteiger charge is 2.41. The first-order valence-corrected chi connectivity index (χ1v) is 11.7. The molecule has 0 spiro atoms. The number of aliphatic hydroxyl groups is 2. The highest BCUT2D eigenvalue weighted by atomic mass is 35.5. The van der Waals surface area contributed by atoms with Gasteiger partial charge in [0, 0.05) is 42.8 Å². The number of anilines is 3. The van der Waals surface area contributed by atoms with Gasteiger partial charge in [-0.15, -0.1) is 0 Å². The van der Waals surface area contributed by atoms with Crippen LogP contribution in [0.1, 0.15) is 12.1 Å². The summed E-state index contributed by atoms with van der Waals surface area (Å²) in [7, 11) is 0. The topological polar surface area (TPSA) is 124 Å². The average Bonchev–Trinajstić information content (AvgIpc) is 3.27. The number of aromatic nitrogens is 3. The maximum Gasteiger partial charge on any atom is 0.329 e. The van der Waals surface area contributed by atoms with Crippen molar-refractivity contribution in [2.24, 2.45) is 0 Å². The van der Waals surface area contributed by atoms with E-state index in [1.165, 1.54) is 6.20 Å². The number of amides is 2. The van der Waals surface area contributed by atoms with E-state index in [-0.39, 0.29) is 18.7 Å². The summed E-state index contributed by atoms with van der Waals surface area (Å²) in [5.74, 6) is 1.25. The van der Waals surface area contributed by atoms with Crippen LogP contribution in [-0.2, 0) is 0 Å². The minimum atomic E-state index is -0.993. The molecule has 182 valence electrons. The van der Waals surface area contributed by atoms with Gasteiger partial charge in [-0.3, -0.25) is 15.2 Å². The Labute approximate surface area is 207 Å². The fourth-order valence-corrected chi connectivity index (χ4v) is 4.62. The Bertz CT molecular complexity index is 1260. The van der Waals surface area contributed by atoms with Crippen LogP contribution in [0, 0.1) is 6.92 Å². The van der Waals surface area contributed by atoms with Crippen molar-refractivity contribution >= 4 is 35.0 Å². The predicted molar refractivity (Wildman–Crippen MR) is 132 cm³/mol. The van der Waals surface area contributed by atoms with E-state index in [0.29, 0.717) is 34.6 Å². The van der Waals surface area contributed by atoms with Crippen molar-refractivity contribution in [1.29, 1.82) is 0 Å². The van der Waals surface area contributed by atoms with Crippen molar-refractivity contribution in [1.82, 2.24) is 15.0 Å². The highest BCUT2D eigenvalue weighted by Crippen LogP contribution is 2.43. The van der Waals surface area contributed by atoms with Crippen LogP contribution >= 0.6 is 11.6 Å². The van der Waals surface area contributed by atoms with E-state index in [4.69, 9.17) is 26.4 Å². The minimum Gasteiger partial charge on any atom is -0.491 e. The van der Waals surface area contributed by atoms with Crippen LogP contribution < -0.4 is 19.9 Å². The number of fused-ring (bicyclic) bond motifs is 4. The predicted octanol–water partition coefficient (Wildman–Crippen LogP) is 2.86. The van der Waals surface area contributed by atoms with E-state index in [1.54, 1.807) is 23.2 Å². The van der Waals surface area contributed by atoms with Crippen molar-refractivity contribution in [2.45, 2.75) is 25.5 Å². The Morgan fingerprint density at radius 3 is 2.91 bits per heavy atom. The second-order valence-electron chi connectivity index (χ2n) is 8.56. The first-order chi connectivity index (χ1) is 16.9. The number of aryl methyl sites for hydroxylation is 1. The molecule has 3 aromatic heterocycles. The Morgan fingerprint density at radius 1 is 1.29 bits per heavy atom. The van der Waals surface area contributed by atoms with Crippen LogP contribution in [0.25, 0.3) is 11.3 Å². The van der Waals surface area contributed by atoms with Crippen LogP contribution in [-0.4, -0.2) is 69.6 Å². The molecule has 5 heterocycles. The van der Waals surface area contributed by atoms with Crippen LogP contribution in [0.5, 0.6) is 5.75 Å². The molecule has 5 rings (SSSR count). The van der Waals surface area contributed by atoms with Gasteiger partial charge in [-0.2, -0.15) is 0 Å². The SMILES string of the molecule is Cc1cc(-c2nc3c(cc2Cl)N2CC[C@@H](C2)N3C(=O)Nc2cc(OC[C@@H](O)CO)ccn2)ccn1. The van der Waals surface area contributed by atoms with E-state index in [2.05, 4.69) is 20.2 Å². The van der Waals surface area contributed by atoms with Crippen LogP contribution in [0.3, 0.4) is 0 Å². The number of halogens is 1. The number of carbonyl (C=O) groups excluding carboxylic acids is 1. The van der Waals surface area contributed by atoms with Gasteiger partial charge >= 0.3 is 6.03 Å². The molecule has 2 atom stereocenters. The zero-order chi connectivity index (χ0) is 24.5. The molecule has 0 unspecified atom stereocenters. The lowest BCUT2D eigenvalue weighted by Crippen LogP contribution is -2.48. The second-order valence-corrected chi connectivity index (χ2v) is 8.97. The molecule has 0 saturated carbocycles. The summed E-state index contributed by atoms with van der Waals surface area (Å²) < 4.78 is 5.47. The largest absolute Gasteiger partial charge is 0.491 e. The Hall–Kier alpha value is -3.47. The number of hydrogen-bond acceptors (Lipinski definition) is 8. The number of pyridine rings is 3. The zero-order valence-electron chi connectivity index (χ0n) is 19.1. The van der Waals surface area contributed by atoms with Gasteiger partial charge in [0.15, 0.2) is 5.82 Å². The van der Waals surface area contributed by atoms with Crippen molar-refractivity contribution < 1.29 is 19.7 Å². The fraction of sp³-hybridized carbons (Fsp3) is 0.333. The number of urea groups is 1. The van der Waals surface area contributed by atoms with Gasteiger partial charge in [0.2, 0.25) is 0 Å². The molecular weight excluding hydrogens is 472 g/mol. The molecule has 2 aliphatic rings. The normalized spacial score (nSPS) is 17.2. The van der Waals surface area contributed by atoms with Gasteiger partial charge in [-0.1, -0.05) is 11.6 Å². The standard InChI is InChI=1S/C24H25ClN6O4/c1-14-8-15(2-5-26-14)22-19(25)10-20-23(29-22)31(16-4-7-30(20)11-16)24(34)28-21-9-18(3-6-27-21)35-13-17(33)12-32/h2-3,5-6,8-10,16-17,32-33H,4,7,11-13H2,1H3,(H,27,28,34)/t16-,17-/m0/s1. The monoisotopic (exact) mass is 496 g/mol. The molecule has 0 aromatic carbocycles. The van der Waals surface area contributed by atoms with Crippen molar-refractivity contribution in [3.05, 3.63) is 53.4 Å². The molecule has 1 saturated heterocycles. The quantitative estimate of drug-likeness (QED) is 0.476. The number of rotatable bonds is 6. The molecule has 3 aromatic rings. The molecule has 2 amide bonds. The number of aliphatic hydroxyl groups excluding tert-OH is 2. The van der Waals surface area contributed by atoms with Gasteiger partial charge in [-0.25, -0.2) is 14.8 Å². The maximum atomic E-state index is 13.5. The third-order valence-electron chi connectivity index (χ3n) is 6.04. The first-order valence-electron chi connectivity index (χ1n) is 11.3. The van der Waals surface area contributed by atoms with Crippen LogP contribution in [0.4, 0.5) is 22.1 Å². The maximum absolute atomic E-state index is 13.5. The third-order valence-corrected chi connectivity index (χ3v) is 6.33. The average molecular weight is 497 g/mol. The number of carbonyl (C=O) groups is 1. The van der Waals surface area contributed by atoms with Gasteiger partial charge in [-0.05, 0) is 37.6 Å². The number of hydrogen-bond donors (Lipinski definition) is 3. The Kier molecular flexibility index (Phi) is 6.42. The Balaban J connectivity index is 1.44. The summed E-state index contributed by atoms with van der Waals surface area (Å²) in [6.07, 6.45) is 3.02. The summed E-state index contributed by atoms with van der Waals surface area (Å²) in [5, 5.41) is 21.8. The van der Waals surface area contributed by atoms with E-state index in [9.17, 15) is 9.90 Å². The summed E-state index contributed by atoms with van der Waals surface area (Å²) >= 11 is 6.63. The summed E-state index contributed by atoms with van der Waals surface area (Å²) in [6.45, 7) is 2.92. The van der Waals surface area contributed by atoms with E-state index < -0.39 is 12.7 Å². The second kappa shape index (κ2) is 9.65. The molecule has 0 aliphatic carbocycles. The molecule has 2 bridgehead atoms. The lowest BCUT2D eigenvalue weighted by atomic mass is 10.1. The fourth-order valence-electron chi connectivity index (χ4n) is 4.37. The van der Waals surface area contributed by atoms with Crippen LogP contribution in [0.2, 0.25) is 5.02 Å². The number of ether oxygens (including phenoxy) is 1. The molecule has 0 radical (unpaired) electrons. The highest BCUT2D eigenvalue weighted by molar-refractivity contribution is 6.33. The summed E-state index contributed by atoms with van der Waals surface area (Å²) in [6, 6.07) is 8.40. The minimum absolute atomic E-state index is 0.0395. The molecular formula is C24H25ClN6O4. The molecule has 11 heteroatoms. The Morgan fingerprint density at radius 2 is 2.11 bits per heavy atom. The van der Waals surface area contributed by atoms with Crippen molar-refractivity contribution in [3.8, 4) is 17.0 Å². The number of nitrogens with zero attached hydrogens (tertiary/aromatic N) is 5. The van der Waals surface area contributed by atoms with Crippen molar-refractivity contribution in [3.63, 3.8) is 0 Å². The van der Waals surface area contributed by atoms with E-state index in [0.717, 1.165) is 29.9 Å². The van der Waals surface area contributed by atoms with Gasteiger partial charge in [0.05, 0.1) is 29.1 Å². The smallest absolute Gasteiger partial charge is 0.329 e. The molecule has 35 heavy (non-hydrogen) atoms. The van der Waals surface area contributed by atoms with Gasteiger partial charge in [0.1, 0.15) is 24.3 Å². The van der Waals surface area contributed by atoms with Crippen molar-refractivity contribution in [2.75, 3.05) is 41.4 Å². The molecule has 10 nitrogen and oxygen atoms in total. The summed E-state index contributed by atoms with van der Waals surface area (Å²) in [5.41, 5.74) is 3.08. The van der Waals surface area contributed by atoms with Gasteiger partial charge < -0.3 is 19.8 Å². The molecule has 1 fully saturated rings. The summed E-state index contributed by atoms with van der Waals surface area (Å²) in [4.78, 5) is 30.7. The third kappa shape index (κ3) is 4.72. The zero-order valence-corrected chi connectivity index (χ0v) is 19.8. The lowest BCUT2D eigenvalue weighted by molar-refractivity contribution is 0.0536. The van der Waals surface area contributed by atoms with E-state index in [1.807, 2.05) is 25.1 Å². The lowest BCUT2D eigenvalue weighted by Gasteiger charge is -2.36. The number of nitrogens with one attached hydrogen (secondary N) is 1. The van der Waals surface area contributed by atoms with E-state index >= 15 is 0 Å². The molecule has 2 aliphatic heterocycles. The molecule has 3 N–H and O–H groups in total.